The van der Waals surface area contributed by atoms with Gasteiger partial charge >= 0.3 is 6.03 Å². The van der Waals surface area contributed by atoms with Crippen molar-refractivity contribution in [3.05, 3.63) is 24.3 Å². The number of para-hydroxylation sites is 2. The molecule has 3 rings (SSSR count). The summed E-state index contributed by atoms with van der Waals surface area (Å²) < 4.78 is 0. The van der Waals surface area contributed by atoms with Crippen molar-refractivity contribution in [2.45, 2.75) is 12.8 Å². The zero-order valence-corrected chi connectivity index (χ0v) is 10.8. The van der Waals surface area contributed by atoms with Crippen LogP contribution in [0.5, 0.6) is 0 Å². The molecule has 0 aliphatic carbocycles. The van der Waals surface area contributed by atoms with E-state index in [-0.39, 0.29) is 6.03 Å². The second kappa shape index (κ2) is 4.52. The first-order valence-electron chi connectivity index (χ1n) is 6.64. The number of anilines is 2. The molecular formula is C14H19N3O. The lowest BCUT2D eigenvalue weighted by Gasteiger charge is -2.37. The number of urea groups is 1. The van der Waals surface area contributed by atoms with E-state index in [2.05, 4.69) is 18.0 Å². The normalized spacial score (nSPS) is 19.1. The van der Waals surface area contributed by atoms with Crippen molar-refractivity contribution in [3.8, 4) is 0 Å². The summed E-state index contributed by atoms with van der Waals surface area (Å²) >= 11 is 0. The zero-order chi connectivity index (χ0) is 12.5. The van der Waals surface area contributed by atoms with E-state index in [4.69, 9.17) is 0 Å². The lowest BCUT2D eigenvalue weighted by molar-refractivity contribution is 0.215. The van der Waals surface area contributed by atoms with Gasteiger partial charge in [-0.2, -0.15) is 0 Å². The van der Waals surface area contributed by atoms with Crippen LogP contribution in [0.15, 0.2) is 24.3 Å². The van der Waals surface area contributed by atoms with Crippen molar-refractivity contribution < 1.29 is 4.79 Å². The molecule has 1 aromatic carbocycles. The molecule has 0 radical (unpaired) electrons. The van der Waals surface area contributed by atoms with E-state index in [1.165, 1.54) is 0 Å². The Morgan fingerprint density at radius 2 is 1.67 bits per heavy atom. The van der Waals surface area contributed by atoms with E-state index in [0.29, 0.717) is 0 Å². The van der Waals surface area contributed by atoms with E-state index >= 15 is 0 Å². The highest BCUT2D eigenvalue weighted by Gasteiger charge is 2.29. The average Bonchev–Trinajstić information content (AvgIpc) is 2.93. The third-order valence-corrected chi connectivity index (χ3v) is 3.85. The van der Waals surface area contributed by atoms with E-state index in [9.17, 15) is 4.79 Å². The molecule has 0 saturated carbocycles. The second-order valence-corrected chi connectivity index (χ2v) is 5.04. The minimum absolute atomic E-state index is 0.174. The van der Waals surface area contributed by atoms with E-state index < -0.39 is 0 Å². The molecule has 0 spiro atoms. The van der Waals surface area contributed by atoms with Crippen molar-refractivity contribution in [2.75, 3.05) is 43.0 Å². The first-order valence-corrected chi connectivity index (χ1v) is 6.64. The van der Waals surface area contributed by atoms with Gasteiger partial charge in [0.05, 0.1) is 11.4 Å². The van der Waals surface area contributed by atoms with Crippen LogP contribution in [-0.2, 0) is 0 Å². The molecule has 1 saturated heterocycles. The minimum atomic E-state index is 0.174. The number of fused-ring (bicyclic) bond motifs is 1. The fraction of sp³-hybridized carbons (Fsp3) is 0.500. The van der Waals surface area contributed by atoms with Crippen LogP contribution in [-0.4, -0.2) is 44.2 Å². The Kier molecular flexibility index (Phi) is 2.86. The number of hydrogen-bond donors (Lipinski definition) is 0. The van der Waals surface area contributed by atoms with Gasteiger partial charge in [0, 0.05) is 33.2 Å². The van der Waals surface area contributed by atoms with Crippen molar-refractivity contribution >= 4 is 17.4 Å². The van der Waals surface area contributed by atoms with Crippen LogP contribution in [0.4, 0.5) is 16.2 Å². The summed E-state index contributed by atoms with van der Waals surface area (Å²) in [5.74, 6) is 0. The number of benzene rings is 1. The molecule has 4 nitrogen and oxygen atoms in total. The molecule has 96 valence electrons. The summed E-state index contributed by atoms with van der Waals surface area (Å²) in [4.78, 5) is 18.6. The molecule has 0 N–H and O–H groups in total. The standard InChI is InChI=1S/C14H19N3O/c1-15-10-11-17(13-7-3-2-6-12(13)15)14(18)16-8-4-5-9-16/h2-3,6-7H,4-5,8-11H2,1H3. The number of carbonyl (C=O) groups is 1. The third-order valence-electron chi connectivity index (χ3n) is 3.85. The number of carbonyl (C=O) groups excluding carboxylic acids is 1. The second-order valence-electron chi connectivity index (χ2n) is 5.04. The van der Waals surface area contributed by atoms with Gasteiger partial charge in [-0.1, -0.05) is 12.1 Å². The maximum absolute atomic E-state index is 12.5. The fourth-order valence-electron chi connectivity index (χ4n) is 2.78. The molecule has 2 heterocycles. The van der Waals surface area contributed by atoms with Gasteiger partial charge in [0.2, 0.25) is 0 Å². The van der Waals surface area contributed by atoms with Crippen molar-refractivity contribution in [3.63, 3.8) is 0 Å². The van der Waals surface area contributed by atoms with Gasteiger partial charge in [-0.3, -0.25) is 4.90 Å². The lowest BCUT2D eigenvalue weighted by atomic mass is 10.2. The topological polar surface area (TPSA) is 26.8 Å². The molecule has 18 heavy (non-hydrogen) atoms. The minimum Gasteiger partial charge on any atom is -0.371 e. The Morgan fingerprint density at radius 3 is 2.39 bits per heavy atom. The number of likely N-dealkylation sites (N-methyl/N-ethyl adjacent to an activating group) is 1. The van der Waals surface area contributed by atoms with Gasteiger partial charge in [-0.05, 0) is 25.0 Å². The van der Waals surface area contributed by atoms with Crippen LogP contribution in [0.3, 0.4) is 0 Å². The monoisotopic (exact) mass is 245 g/mol. The summed E-state index contributed by atoms with van der Waals surface area (Å²) in [6.07, 6.45) is 2.28. The van der Waals surface area contributed by atoms with Crippen LogP contribution in [0.1, 0.15) is 12.8 Å². The fourth-order valence-corrected chi connectivity index (χ4v) is 2.78. The number of likely N-dealkylation sites (tertiary alicyclic amines) is 1. The molecule has 4 heteroatoms. The highest BCUT2D eigenvalue weighted by atomic mass is 16.2. The molecule has 0 aromatic heterocycles. The quantitative estimate of drug-likeness (QED) is 0.700. The smallest absolute Gasteiger partial charge is 0.324 e. The van der Waals surface area contributed by atoms with Gasteiger partial charge in [-0.15, -0.1) is 0 Å². The predicted molar refractivity (Wildman–Crippen MR) is 73.3 cm³/mol. The number of nitrogens with zero attached hydrogens (tertiary/aromatic N) is 3. The molecule has 1 aromatic rings. The Morgan fingerprint density at radius 1 is 1.00 bits per heavy atom. The van der Waals surface area contributed by atoms with Crippen molar-refractivity contribution in [1.29, 1.82) is 0 Å². The average molecular weight is 245 g/mol. The van der Waals surface area contributed by atoms with Gasteiger partial charge in [-0.25, -0.2) is 4.79 Å². The highest BCUT2D eigenvalue weighted by Crippen LogP contribution is 2.32. The van der Waals surface area contributed by atoms with Crippen LogP contribution < -0.4 is 9.80 Å². The Bertz CT molecular complexity index is 454. The van der Waals surface area contributed by atoms with Gasteiger partial charge in [0.25, 0.3) is 0 Å². The molecule has 0 atom stereocenters. The molecule has 2 amide bonds. The Hall–Kier alpha value is -1.71. The summed E-state index contributed by atoms with van der Waals surface area (Å²) in [7, 11) is 2.08. The third kappa shape index (κ3) is 1.82. The summed E-state index contributed by atoms with van der Waals surface area (Å²) in [5, 5.41) is 0. The summed E-state index contributed by atoms with van der Waals surface area (Å²) in [5.41, 5.74) is 2.19. The van der Waals surface area contributed by atoms with Gasteiger partial charge in [0.15, 0.2) is 0 Å². The van der Waals surface area contributed by atoms with Crippen LogP contribution in [0.25, 0.3) is 0 Å². The van der Waals surface area contributed by atoms with E-state index in [1.54, 1.807) is 0 Å². The molecule has 0 unspecified atom stereocenters. The van der Waals surface area contributed by atoms with Gasteiger partial charge < -0.3 is 9.80 Å². The predicted octanol–water partition coefficient (Wildman–Crippen LogP) is 2.16. The molecule has 0 bridgehead atoms. The summed E-state index contributed by atoms with van der Waals surface area (Å²) in [6.45, 7) is 3.50. The Balaban J connectivity index is 1.89. The van der Waals surface area contributed by atoms with Crippen LogP contribution in [0.2, 0.25) is 0 Å². The maximum atomic E-state index is 12.5. The number of rotatable bonds is 0. The first-order chi connectivity index (χ1) is 8.77. The van der Waals surface area contributed by atoms with Crippen molar-refractivity contribution in [1.82, 2.24) is 4.90 Å². The van der Waals surface area contributed by atoms with Crippen molar-refractivity contribution in [2.24, 2.45) is 0 Å². The number of hydrogen-bond acceptors (Lipinski definition) is 2. The van der Waals surface area contributed by atoms with E-state index in [0.717, 1.165) is 50.4 Å². The SMILES string of the molecule is CN1CCN(C(=O)N2CCCC2)c2ccccc21. The van der Waals surface area contributed by atoms with Crippen LogP contribution in [0, 0.1) is 0 Å². The Labute approximate surface area is 108 Å². The molecule has 1 fully saturated rings. The van der Waals surface area contributed by atoms with Crippen LogP contribution >= 0.6 is 0 Å². The molecule has 2 aliphatic rings. The van der Waals surface area contributed by atoms with E-state index in [1.807, 2.05) is 28.0 Å². The largest absolute Gasteiger partial charge is 0.371 e. The first kappa shape index (κ1) is 11.4. The number of amides is 2. The molecular weight excluding hydrogens is 226 g/mol. The lowest BCUT2D eigenvalue weighted by Crippen LogP contribution is -2.48. The zero-order valence-electron chi connectivity index (χ0n) is 10.8. The summed E-state index contributed by atoms with van der Waals surface area (Å²) in [6, 6.07) is 8.33. The highest BCUT2D eigenvalue weighted by molar-refractivity contribution is 5.96. The maximum Gasteiger partial charge on any atom is 0.324 e. The van der Waals surface area contributed by atoms with Gasteiger partial charge in [0.1, 0.15) is 0 Å². The molecule has 2 aliphatic heterocycles.